The minimum atomic E-state index is -4.15. The molecule has 0 amide bonds. The maximum Gasteiger partial charge on any atom is 0.266 e. The topological polar surface area (TPSA) is 74.3 Å². The number of hydrogen-bond donors (Lipinski definition) is 2. The van der Waals surface area contributed by atoms with Gasteiger partial charge in [0, 0.05) is 30.2 Å². The second-order valence-corrected chi connectivity index (χ2v) is 10.1. The summed E-state index contributed by atoms with van der Waals surface area (Å²) >= 11 is 7.31. The Labute approximate surface area is 171 Å². The Bertz CT molecular complexity index is 974. The van der Waals surface area contributed by atoms with Gasteiger partial charge >= 0.3 is 0 Å². The smallest absolute Gasteiger partial charge is 0.266 e. The highest BCUT2D eigenvalue weighted by Crippen LogP contribution is 2.40. The average molecular weight is 449 g/mol. The summed E-state index contributed by atoms with van der Waals surface area (Å²) in [6.45, 7) is 1.70. The van der Waals surface area contributed by atoms with Crippen molar-refractivity contribution >= 4 is 43.8 Å². The van der Waals surface area contributed by atoms with Crippen LogP contribution in [0.15, 0.2) is 28.6 Å². The van der Waals surface area contributed by atoms with Crippen molar-refractivity contribution in [3.63, 3.8) is 0 Å². The van der Waals surface area contributed by atoms with Crippen molar-refractivity contribution in [3.8, 4) is 0 Å². The van der Waals surface area contributed by atoms with Crippen molar-refractivity contribution < 1.29 is 17.2 Å². The van der Waals surface area contributed by atoms with Gasteiger partial charge in [0.2, 0.25) is 0 Å². The van der Waals surface area contributed by atoms with Gasteiger partial charge in [0.25, 0.3) is 10.0 Å². The van der Waals surface area contributed by atoms with Crippen LogP contribution in [0.2, 0.25) is 5.02 Å². The zero-order valence-electron chi connectivity index (χ0n) is 14.8. The van der Waals surface area contributed by atoms with Crippen molar-refractivity contribution in [2.45, 2.75) is 35.9 Å². The quantitative estimate of drug-likeness (QED) is 0.704. The SMILES string of the molecule is O=S(=O)(Nc1nccs1)c1cc(Cl)c(NCC23CCCN2CC(F)C3)cc1F. The molecule has 0 bridgehead atoms. The van der Waals surface area contributed by atoms with Gasteiger partial charge in [-0.25, -0.2) is 22.2 Å². The molecule has 2 unspecified atom stereocenters. The number of nitrogens with zero attached hydrogens (tertiary/aromatic N) is 2. The van der Waals surface area contributed by atoms with Crippen LogP contribution < -0.4 is 10.0 Å². The number of hydrogen-bond acceptors (Lipinski definition) is 6. The number of nitrogens with one attached hydrogen (secondary N) is 2. The van der Waals surface area contributed by atoms with E-state index < -0.39 is 26.9 Å². The third-order valence-corrected chi connectivity index (χ3v) is 7.82. The van der Waals surface area contributed by atoms with Gasteiger partial charge in [-0.2, -0.15) is 0 Å². The van der Waals surface area contributed by atoms with Crippen LogP contribution in [0.1, 0.15) is 19.3 Å². The summed E-state index contributed by atoms with van der Waals surface area (Å²) in [4.78, 5) is 5.41. The van der Waals surface area contributed by atoms with E-state index in [-0.39, 0.29) is 21.4 Å². The Hall–Kier alpha value is -1.49. The number of sulfonamides is 1. The highest BCUT2D eigenvalue weighted by Gasteiger charge is 2.48. The summed E-state index contributed by atoms with van der Waals surface area (Å²) in [6.07, 6.45) is 2.87. The monoisotopic (exact) mass is 448 g/mol. The number of aromatic nitrogens is 1. The van der Waals surface area contributed by atoms with E-state index in [1.807, 2.05) is 0 Å². The fraction of sp³-hybridized carbons (Fsp3) is 0.471. The van der Waals surface area contributed by atoms with Crippen LogP contribution >= 0.6 is 22.9 Å². The third-order valence-electron chi connectivity index (χ3n) is 5.33. The zero-order chi connectivity index (χ0) is 19.9. The molecule has 2 N–H and O–H groups in total. The fourth-order valence-corrected chi connectivity index (χ4v) is 6.24. The second kappa shape index (κ2) is 7.40. The van der Waals surface area contributed by atoms with Crippen molar-refractivity contribution in [2.75, 3.05) is 29.7 Å². The number of fused-ring (bicyclic) bond motifs is 1. The molecule has 0 spiro atoms. The molecule has 1 aromatic carbocycles. The highest BCUT2D eigenvalue weighted by atomic mass is 35.5. The molecule has 0 aliphatic carbocycles. The lowest BCUT2D eigenvalue weighted by molar-refractivity contribution is 0.209. The molecule has 2 saturated heterocycles. The number of halogens is 3. The number of thiazole rings is 1. The summed E-state index contributed by atoms with van der Waals surface area (Å²) in [5, 5.41) is 4.92. The molecular formula is C17H19ClF2N4O2S2. The lowest BCUT2D eigenvalue weighted by Crippen LogP contribution is -2.44. The number of benzene rings is 1. The van der Waals surface area contributed by atoms with Crippen LogP contribution in [0, 0.1) is 5.82 Å². The molecule has 11 heteroatoms. The molecule has 1 aromatic heterocycles. The van der Waals surface area contributed by atoms with Crippen LogP contribution in [0.5, 0.6) is 0 Å². The lowest BCUT2D eigenvalue weighted by Gasteiger charge is -2.32. The van der Waals surface area contributed by atoms with E-state index in [4.69, 9.17) is 11.6 Å². The van der Waals surface area contributed by atoms with Gasteiger partial charge in [-0.1, -0.05) is 11.6 Å². The second-order valence-electron chi connectivity index (χ2n) is 7.13. The van der Waals surface area contributed by atoms with Crippen molar-refractivity contribution in [2.24, 2.45) is 0 Å². The molecule has 2 atom stereocenters. The third kappa shape index (κ3) is 3.70. The van der Waals surface area contributed by atoms with E-state index in [9.17, 15) is 17.2 Å². The lowest BCUT2D eigenvalue weighted by atomic mass is 9.93. The summed E-state index contributed by atoms with van der Waals surface area (Å²) in [5.74, 6) is -0.925. The first-order chi connectivity index (χ1) is 13.3. The maximum atomic E-state index is 14.6. The molecule has 0 saturated carbocycles. The normalized spacial score (nSPS) is 25.0. The molecule has 2 aliphatic rings. The van der Waals surface area contributed by atoms with E-state index in [2.05, 4.69) is 19.9 Å². The molecule has 6 nitrogen and oxygen atoms in total. The van der Waals surface area contributed by atoms with Crippen LogP contribution in [-0.2, 0) is 10.0 Å². The van der Waals surface area contributed by atoms with Gasteiger partial charge < -0.3 is 5.32 Å². The maximum absolute atomic E-state index is 14.6. The molecule has 28 heavy (non-hydrogen) atoms. The fourth-order valence-electron chi connectivity index (χ4n) is 4.07. The molecule has 3 heterocycles. The Morgan fingerprint density at radius 2 is 2.25 bits per heavy atom. The molecule has 2 fully saturated rings. The molecule has 152 valence electrons. The van der Waals surface area contributed by atoms with E-state index >= 15 is 0 Å². The summed E-state index contributed by atoms with van der Waals surface area (Å²) in [6, 6.07) is 2.14. The molecule has 0 radical (unpaired) electrons. The van der Waals surface area contributed by atoms with E-state index in [0.29, 0.717) is 19.5 Å². The highest BCUT2D eigenvalue weighted by molar-refractivity contribution is 7.93. The van der Waals surface area contributed by atoms with Crippen LogP contribution in [0.25, 0.3) is 0 Å². The predicted octanol–water partition coefficient (Wildman–Crippen LogP) is 3.72. The first kappa shape index (κ1) is 19.8. The predicted molar refractivity (Wildman–Crippen MR) is 106 cm³/mol. The molecule has 4 rings (SSSR count). The summed E-state index contributed by atoms with van der Waals surface area (Å²) in [7, 11) is -4.15. The molecule has 2 aliphatic heterocycles. The van der Waals surface area contributed by atoms with Gasteiger partial charge in [0.1, 0.15) is 16.9 Å². The zero-order valence-corrected chi connectivity index (χ0v) is 17.2. The summed E-state index contributed by atoms with van der Waals surface area (Å²) < 4.78 is 55.5. The first-order valence-corrected chi connectivity index (χ1v) is 11.6. The molecular weight excluding hydrogens is 430 g/mol. The molecule has 2 aromatic rings. The average Bonchev–Trinajstić information content (AvgIpc) is 3.31. The Kier molecular flexibility index (Phi) is 5.24. The van der Waals surface area contributed by atoms with Gasteiger partial charge in [-0.05, 0) is 37.9 Å². The van der Waals surface area contributed by atoms with Gasteiger partial charge in [0.05, 0.1) is 10.7 Å². The Balaban J connectivity index is 1.53. The van der Waals surface area contributed by atoms with Crippen LogP contribution in [0.4, 0.5) is 19.6 Å². The Morgan fingerprint density at radius 1 is 1.43 bits per heavy atom. The Morgan fingerprint density at radius 3 is 3.00 bits per heavy atom. The minimum Gasteiger partial charge on any atom is -0.382 e. The summed E-state index contributed by atoms with van der Waals surface area (Å²) in [5.41, 5.74) is -0.00740. The van der Waals surface area contributed by atoms with Crippen molar-refractivity contribution in [3.05, 3.63) is 34.5 Å². The van der Waals surface area contributed by atoms with E-state index in [0.717, 1.165) is 42.9 Å². The van der Waals surface area contributed by atoms with Gasteiger partial charge in [-0.3, -0.25) is 9.62 Å². The van der Waals surface area contributed by atoms with Crippen LogP contribution in [-0.4, -0.2) is 49.6 Å². The number of rotatable bonds is 6. The first-order valence-electron chi connectivity index (χ1n) is 8.83. The van der Waals surface area contributed by atoms with Gasteiger partial charge in [0.15, 0.2) is 5.13 Å². The number of alkyl halides is 1. The number of anilines is 2. The van der Waals surface area contributed by atoms with E-state index in [1.165, 1.54) is 6.20 Å². The largest absolute Gasteiger partial charge is 0.382 e. The van der Waals surface area contributed by atoms with Crippen molar-refractivity contribution in [1.29, 1.82) is 0 Å². The van der Waals surface area contributed by atoms with Gasteiger partial charge in [-0.15, -0.1) is 11.3 Å². The standard InChI is InChI=1S/C17H19ClF2N4O2S2/c18-12-6-15(28(25,26)23-16-21-3-5-27-16)13(20)7-14(12)22-10-17-2-1-4-24(17)9-11(19)8-17/h3,5-7,11,22H,1-2,4,8-10H2,(H,21,23). The minimum absolute atomic E-state index is 0.0802. The van der Waals surface area contributed by atoms with E-state index in [1.54, 1.807) is 5.38 Å². The van der Waals surface area contributed by atoms with Crippen molar-refractivity contribution in [1.82, 2.24) is 9.88 Å². The van der Waals surface area contributed by atoms with Crippen LogP contribution in [0.3, 0.4) is 0 Å².